The molecule has 5 heteroatoms. The lowest BCUT2D eigenvalue weighted by molar-refractivity contribution is 0.624. The summed E-state index contributed by atoms with van der Waals surface area (Å²) in [5.41, 5.74) is 7.43. The molecule has 0 radical (unpaired) electrons. The molecule has 51 heavy (non-hydrogen) atoms. The van der Waals surface area contributed by atoms with Gasteiger partial charge in [-0.1, -0.05) is 158 Å². The molecular weight excluding hydrogens is 625 g/mol. The van der Waals surface area contributed by atoms with E-state index in [4.69, 9.17) is 24.4 Å². The van der Waals surface area contributed by atoms with Gasteiger partial charge in [0.2, 0.25) is 5.89 Å². The minimum atomic E-state index is 0.568. The Bertz CT molecular complexity index is 2900. The second-order valence-electron chi connectivity index (χ2n) is 12.6. The Morgan fingerprint density at radius 2 is 0.863 bits per heavy atom. The second kappa shape index (κ2) is 11.9. The van der Waals surface area contributed by atoms with E-state index in [9.17, 15) is 0 Å². The van der Waals surface area contributed by atoms with Crippen LogP contribution in [-0.2, 0) is 0 Å². The van der Waals surface area contributed by atoms with Crippen molar-refractivity contribution in [3.8, 4) is 56.7 Å². The lowest BCUT2D eigenvalue weighted by Crippen LogP contribution is -2.00. The maximum Gasteiger partial charge on any atom is 0.227 e. The van der Waals surface area contributed by atoms with Gasteiger partial charge in [0.05, 0.1) is 0 Å². The molecule has 238 valence electrons. The van der Waals surface area contributed by atoms with Crippen LogP contribution in [0.2, 0.25) is 0 Å². The van der Waals surface area contributed by atoms with Crippen molar-refractivity contribution in [3.05, 3.63) is 170 Å². The van der Waals surface area contributed by atoms with Crippen LogP contribution in [0.5, 0.6) is 0 Å². The summed E-state index contributed by atoms with van der Waals surface area (Å²) in [6.07, 6.45) is 0. The van der Waals surface area contributed by atoms with Crippen LogP contribution in [0.25, 0.3) is 100 Å². The van der Waals surface area contributed by atoms with E-state index in [0.29, 0.717) is 28.9 Å². The van der Waals surface area contributed by atoms with Crippen LogP contribution in [0.4, 0.5) is 0 Å². The normalized spacial score (nSPS) is 11.5. The number of aromatic nitrogens is 4. The van der Waals surface area contributed by atoms with E-state index >= 15 is 0 Å². The van der Waals surface area contributed by atoms with Crippen LogP contribution in [0.3, 0.4) is 0 Å². The molecule has 0 unspecified atom stereocenters. The molecular formula is C46H28N4O. The van der Waals surface area contributed by atoms with Crippen LogP contribution >= 0.6 is 0 Å². The number of benzene rings is 8. The van der Waals surface area contributed by atoms with Gasteiger partial charge in [0.15, 0.2) is 23.1 Å². The average Bonchev–Trinajstić information content (AvgIpc) is 3.65. The van der Waals surface area contributed by atoms with Gasteiger partial charge in [-0.2, -0.15) is 0 Å². The second-order valence-corrected chi connectivity index (χ2v) is 12.6. The first-order chi connectivity index (χ1) is 25.3. The molecule has 8 aromatic carbocycles. The van der Waals surface area contributed by atoms with Gasteiger partial charge in [-0.3, -0.25) is 0 Å². The summed E-state index contributed by atoms with van der Waals surface area (Å²) in [5, 5.41) is 6.60. The minimum absolute atomic E-state index is 0.568. The van der Waals surface area contributed by atoms with Gasteiger partial charge in [-0.15, -0.1) is 0 Å². The molecule has 0 fully saturated rings. The SMILES string of the molecule is c1ccc(-c2nc(-c3ccc(-c4cccc5ccccc45)cc3)nc(-c3cccc4ccc5nc(-c6cccc7ccccc67)oc5c34)n2)cc1. The first-order valence-electron chi connectivity index (χ1n) is 17.0. The molecule has 5 nitrogen and oxygen atoms in total. The zero-order valence-corrected chi connectivity index (χ0v) is 27.4. The van der Waals surface area contributed by atoms with Gasteiger partial charge >= 0.3 is 0 Å². The molecule has 0 aliphatic rings. The van der Waals surface area contributed by atoms with Gasteiger partial charge in [0.25, 0.3) is 0 Å². The highest BCUT2D eigenvalue weighted by Gasteiger charge is 2.19. The summed E-state index contributed by atoms with van der Waals surface area (Å²) in [7, 11) is 0. The van der Waals surface area contributed by atoms with E-state index in [0.717, 1.165) is 54.9 Å². The Morgan fingerprint density at radius 3 is 1.59 bits per heavy atom. The van der Waals surface area contributed by atoms with Crippen molar-refractivity contribution >= 4 is 43.4 Å². The fourth-order valence-corrected chi connectivity index (χ4v) is 7.09. The van der Waals surface area contributed by atoms with E-state index in [2.05, 4.69) is 109 Å². The van der Waals surface area contributed by atoms with Crippen LogP contribution in [0, 0.1) is 0 Å². The predicted molar refractivity (Wildman–Crippen MR) is 207 cm³/mol. The molecule has 0 saturated carbocycles. The van der Waals surface area contributed by atoms with E-state index < -0.39 is 0 Å². The molecule has 0 bridgehead atoms. The maximum atomic E-state index is 6.67. The van der Waals surface area contributed by atoms with E-state index in [1.807, 2.05) is 60.7 Å². The Morgan fingerprint density at radius 1 is 0.333 bits per heavy atom. The van der Waals surface area contributed by atoms with Gasteiger partial charge < -0.3 is 4.42 Å². The van der Waals surface area contributed by atoms with Crippen molar-refractivity contribution in [3.63, 3.8) is 0 Å². The number of rotatable bonds is 5. The van der Waals surface area contributed by atoms with Crippen molar-refractivity contribution < 1.29 is 4.42 Å². The molecule has 0 spiro atoms. The van der Waals surface area contributed by atoms with Gasteiger partial charge in [-0.25, -0.2) is 19.9 Å². The molecule has 2 aromatic heterocycles. The monoisotopic (exact) mass is 652 g/mol. The summed E-state index contributed by atoms with van der Waals surface area (Å²) in [6, 6.07) is 58.2. The fourth-order valence-electron chi connectivity index (χ4n) is 7.09. The third kappa shape index (κ3) is 5.03. The first kappa shape index (κ1) is 29.0. The number of nitrogens with zero attached hydrogens (tertiary/aromatic N) is 4. The Hall–Kier alpha value is -6.98. The van der Waals surface area contributed by atoms with Crippen LogP contribution in [0.1, 0.15) is 0 Å². The first-order valence-corrected chi connectivity index (χ1v) is 17.0. The number of hydrogen-bond donors (Lipinski definition) is 0. The molecule has 10 rings (SSSR count). The fraction of sp³-hybridized carbons (Fsp3) is 0. The summed E-state index contributed by atoms with van der Waals surface area (Å²) < 4.78 is 6.67. The minimum Gasteiger partial charge on any atom is -0.435 e. The molecule has 0 amide bonds. The number of hydrogen-bond acceptors (Lipinski definition) is 5. The summed E-state index contributed by atoms with van der Waals surface area (Å²) in [6.45, 7) is 0. The third-order valence-corrected chi connectivity index (χ3v) is 9.57. The van der Waals surface area contributed by atoms with Gasteiger partial charge in [0.1, 0.15) is 5.52 Å². The van der Waals surface area contributed by atoms with Crippen LogP contribution in [0.15, 0.2) is 174 Å². The van der Waals surface area contributed by atoms with Crippen molar-refractivity contribution in [2.45, 2.75) is 0 Å². The zero-order valence-electron chi connectivity index (χ0n) is 27.4. The third-order valence-electron chi connectivity index (χ3n) is 9.57. The van der Waals surface area contributed by atoms with E-state index in [-0.39, 0.29) is 0 Å². The molecule has 0 saturated heterocycles. The zero-order chi connectivity index (χ0) is 33.7. The molecule has 0 aliphatic carbocycles. The topological polar surface area (TPSA) is 64.7 Å². The predicted octanol–water partition coefficient (Wildman–Crippen LogP) is 11.8. The van der Waals surface area contributed by atoms with Crippen LogP contribution in [-0.4, -0.2) is 19.9 Å². The Labute approximate surface area is 293 Å². The van der Waals surface area contributed by atoms with Crippen molar-refractivity contribution in [2.24, 2.45) is 0 Å². The summed E-state index contributed by atoms with van der Waals surface area (Å²) in [4.78, 5) is 20.2. The Kier molecular flexibility index (Phi) is 6.74. The lowest BCUT2D eigenvalue weighted by Gasteiger charge is -2.11. The summed E-state index contributed by atoms with van der Waals surface area (Å²) in [5.74, 6) is 2.35. The largest absolute Gasteiger partial charge is 0.435 e. The average molecular weight is 653 g/mol. The number of oxazole rings is 1. The highest BCUT2D eigenvalue weighted by atomic mass is 16.3. The van der Waals surface area contributed by atoms with E-state index in [1.165, 1.54) is 16.3 Å². The number of fused-ring (bicyclic) bond motifs is 5. The van der Waals surface area contributed by atoms with Crippen molar-refractivity contribution in [1.82, 2.24) is 19.9 Å². The maximum absolute atomic E-state index is 6.67. The molecule has 2 heterocycles. The summed E-state index contributed by atoms with van der Waals surface area (Å²) >= 11 is 0. The van der Waals surface area contributed by atoms with Crippen LogP contribution < -0.4 is 0 Å². The van der Waals surface area contributed by atoms with E-state index in [1.54, 1.807) is 0 Å². The smallest absolute Gasteiger partial charge is 0.227 e. The highest BCUT2D eigenvalue weighted by Crippen LogP contribution is 2.38. The van der Waals surface area contributed by atoms with Crippen molar-refractivity contribution in [1.29, 1.82) is 0 Å². The molecule has 0 aliphatic heterocycles. The van der Waals surface area contributed by atoms with Gasteiger partial charge in [-0.05, 0) is 50.2 Å². The van der Waals surface area contributed by atoms with Gasteiger partial charge in [0, 0.05) is 27.6 Å². The van der Waals surface area contributed by atoms with Crippen molar-refractivity contribution in [2.75, 3.05) is 0 Å². The standard InChI is InChI=1S/C46H28N4O/c1-2-13-33(14-3-1)43-48-44(34-25-23-31(24-26-34)36-20-8-15-29-11-4-6-18-35(29)36)50-45(49-43)39-22-10-17-32-27-28-40-42(41(32)39)51-46(47-40)38-21-9-16-30-12-5-7-19-37(30)38/h1-28H. The lowest BCUT2D eigenvalue weighted by atomic mass is 9.97. The molecule has 10 aromatic rings. The molecule has 0 N–H and O–H groups in total. The Balaban J connectivity index is 1.14. The quantitative estimate of drug-likeness (QED) is 0.185. The highest BCUT2D eigenvalue weighted by molar-refractivity contribution is 6.11. The molecule has 0 atom stereocenters.